The van der Waals surface area contributed by atoms with Crippen LogP contribution in [-0.4, -0.2) is 28.2 Å². The van der Waals surface area contributed by atoms with Gasteiger partial charge in [-0.05, 0) is 25.1 Å². The molecular weight excluding hydrogens is 267 g/mol. The third kappa shape index (κ3) is 2.37. The van der Waals surface area contributed by atoms with Gasteiger partial charge in [-0.3, -0.25) is 0 Å². The third-order valence-electron chi connectivity index (χ3n) is 2.76. The minimum absolute atomic E-state index is 0.0205. The van der Waals surface area contributed by atoms with Crippen LogP contribution in [0.5, 0.6) is 5.75 Å². The van der Waals surface area contributed by atoms with Crippen LogP contribution >= 0.6 is 0 Å². The molecule has 0 amide bonds. The number of carboxylic acids is 1. The van der Waals surface area contributed by atoms with E-state index in [1.807, 2.05) is 0 Å². The van der Waals surface area contributed by atoms with E-state index in [2.05, 4.69) is 9.97 Å². The largest absolute Gasteiger partial charge is 0.494 e. The van der Waals surface area contributed by atoms with Crippen LogP contribution in [-0.2, 0) is 0 Å². The van der Waals surface area contributed by atoms with Gasteiger partial charge in [0.2, 0.25) is 0 Å². The number of carbonyl (C=O) groups is 1. The normalized spacial score (nSPS) is 10.3. The number of aryl methyl sites for hydroxylation is 1. The number of aromatic nitrogens is 2. The van der Waals surface area contributed by atoms with Gasteiger partial charge in [0.05, 0.1) is 12.8 Å². The first-order chi connectivity index (χ1) is 9.43. The lowest BCUT2D eigenvalue weighted by Gasteiger charge is -2.09. The summed E-state index contributed by atoms with van der Waals surface area (Å²) in [6, 6.07) is 3.86. The van der Waals surface area contributed by atoms with Crippen LogP contribution in [0.4, 0.5) is 4.39 Å². The van der Waals surface area contributed by atoms with Crippen LogP contribution < -0.4 is 10.4 Å². The van der Waals surface area contributed by atoms with E-state index >= 15 is 0 Å². The minimum Gasteiger partial charge on any atom is -0.494 e. The number of hydrogen-bond acceptors (Lipinski definition) is 4. The summed E-state index contributed by atoms with van der Waals surface area (Å²) < 4.78 is 18.5. The number of hydrogen-bond donors (Lipinski definition) is 2. The average molecular weight is 278 g/mol. The highest BCUT2D eigenvalue weighted by molar-refractivity contribution is 5.95. The molecule has 1 aromatic heterocycles. The van der Waals surface area contributed by atoms with E-state index in [1.54, 1.807) is 0 Å². The Morgan fingerprint density at radius 3 is 2.70 bits per heavy atom. The van der Waals surface area contributed by atoms with Crippen molar-refractivity contribution < 1.29 is 19.0 Å². The number of methoxy groups -OCH3 is 1. The number of rotatable bonds is 3. The van der Waals surface area contributed by atoms with E-state index < -0.39 is 17.5 Å². The first kappa shape index (κ1) is 13.7. The Morgan fingerprint density at radius 1 is 1.45 bits per heavy atom. The molecule has 0 bridgehead atoms. The zero-order valence-electron chi connectivity index (χ0n) is 10.7. The van der Waals surface area contributed by atoms with Crippen LogP contribution in [0.2, 0.25) is 0 Å². The molecule has 1 heterocycles. The summed E-state index contributed by atoms with van der Waals surface area (Å²) >= 11 is 0. The summed E-state index contributed by atoms with van der Waals surface area (Å²) in [4.78, 5) is 28.6. The summed E-state index contributed by atoms with van der Waals surface area (Å²) in [6.45, 7) is 1.44. The maximum Gasteiger partial charge on any atom is 0.345 e. The van der Waals surface area contributed by atoms with Gasteiger partial charge in [0.15, 0.2) is 11.6 Å². The van der Waals surface area contributed by atoms with Gasteiger partial charge >= 0.3 is 11.7 Å². The minimum atomic E-state index is -1.25. The van der Waals surface area contributed by atoms with Crippen molar-refractivity contribution in [1.29, 1.82) is 0 Å². The first-order valence-electron chi connectivity index (χ1n) is 5.62. The lowest BCUT2D eigenvalue weighted by Crippen LogP contribution is -2.18. The molecule has 0 radical (unpaired) electrons. The third-order valence-corrected chi connectivity index (χ3v) is 2.76. The predicted octanol–water partition coefficient (Wildman–Crippen LogP) is 1.59. The van der Waals surface area contributed by atoms with Gasteiger partial charge in [-0.2, -0.15) is 4.98 Å². The van der Waals surface area contributed by atoms with Gasteiger partial charge in [0.1, 0.15) is 5.56 Å². The van der Waals surface area contributed by atoms with E-state index in [0.29, 0.717) is 0 Å². The van der Waals surface area contributed by atoms with Crippen molar-refractivity contribution in [3.05, 3.63) is 45.8 Å². The van der Waals surface area contributed by atoms with E-state index in [4.69, 9.17) is 4.74 Å². The molecule has 0 saturated heterocycles. The predicted molar refractivity (Wildman–Crippen MR) is 68.5 cm³/mol. The van der Waals surface area contributed by atoms with Crippen LogP contribution in [0.15, 0.2) is 23.0 Å². The Balaban J connectivity index is 2.72. The molecule has 0 aliphatic carbocycles. The Morgan fingerprint density at radius 2 is 2.15 bits per heavy atom. The van der Waals surface area contributed by atoms with Crippen LogP contribution in [0.3, 0.4) is 0 Å². The Hall–Kier alpha value is -2.70. The number of benzene rings is 1. The van der Waals surface area contributed by atoms with Crippen molar-refractivity contribution in [2.45, 2.75) is 6.92 Å². The van der Waals surface area contributed by atoms with Gasteiger partial charge in [0, 0.05) is 11.3 Å². The molecule has 6 nitrogen and oxygen atoms in total. The van der Waals surface area contributed by atoms with Gasteiger partial charge < -0.3 is 14.8 Å². The molecule has 2 aromatic rings. The van der Waals surface area contributed by atoms with E-state index in [9.17, 15) is 19.1 Å². The summed E-state index contributed by atoms with van der Waals surface area (Å²) in [5.41, 5.74) is -0.605. The number of nitrogens with zero attached hydrogens (tertiary/aromatic N) is 1. The number of nitrogens with one attached hydrogen (secondary N) is 1. The number of ether oxygens (including phenoxy) is 1. The van der Waals surface area contributed by atoms with E-state index in [0.717, 1.165) is 6.07 Å². The molecule has 0 atom stereocenters. The topological polar surface area (TPSA) is 92.3 Å². The molecule has 0 saturated carbocycles. The molecule has 0 spiro atoms. The highest BCUT2D eigenvalue weighted by Gasteiger charge is 2.19. The second kappa shape index (κ2) is 5.12. The van der Waals surface area contributed by atoms with Gasteiger partial charge in [-0.15, -0.1) is 0 Å². The zero-order valence-corrected chi connectivity index (χ0v) is 10.7. The highest BCUT2D eigenvalue weighted by atomic mass is 19.1. The number of aromatic carboxylic acids is 1. The molecule has 0 unspecified atom stereocenters. The van der Waals surface area contributed by atoms with Gasteiger partial charge in [-0.1, -0.05) is 0 Å². The second-order valence-electron chi connectivity index (χ2n) is 4.05. The molecule has 7 heteroatoms. The number of aromatic amines is 1. The van der Waals surface area contributed by atoms with Crippen molar-refractivity contribution >= 4 is 5.97 Å². The maximum atomic E-state index is 13.7. The maximum absolute atomic E-state index is 13.7. The fraction of sp³-hybridized carbons (Fsp3) is 0.154. The summed E-state index contributed by atoms with van der Waals surface area (Å²) in [6.07, 6.45) is 0. The van der Waals surface area contributed by atoms with Crippen molar-refractivity contribution in [2.75, 3.05) is 7.11 Å². The van der Waals surface area contributed by atoms with Crippen LogP contribution in [0.1, 0.15) is 16.1 Å². The van der Waals surface area contributed by atoms with Crippen LogP contribution in [0.25, 0.3) is 11.3 Å². The fourth-order valence-corrected chi connectivity index (χ4v) is 1.87. The lowest BCUT2D eigenvalue weighted by molar-refractivity contribution is 0.0696. The molecule has 1 aromatic carbocycles. The molecule has 2 N–H and O–H groups in total. The molecule has 20 heavy (non-hydrogen) atoms. The van der Waals surface area contributed by atoms with Gasteiger partial charge in [-0.25, -0.2) is 14.0 Å². The molecule has 0 aliphatic rings. The quantitative estimate of drug-likeness (QED) is 0.889. The SMILES string of the molecule is COc1ccc(-c2nc(=O)[nH]c(C)c2C(=O)O)cc1F. The molecule has 0 fully saturated rings. The standard InChI is InChI=1S/C13H11FN2O4/c1-6-10(12(17)18)11(16-13(19)15-6)7-3-4-9(20-2)8(14)5-7/h3-5H,1-2H3,(H,17,18)(H,15,16,19). The molecule has 104 valence electrons. The van der Waals surface area contributed by atoms with E-state index in [1.165, 1.54) is 26.2 Å². The number of carboxylic acid groups (broad SMARTS) is 1. The molecule has 2 rings (SSSR count). The van der Waals surface area contributed by atoms with E-state index in [-0.39, 0.29) is 28.3 Å². The lowest BCUT2D eigenvalue weighted by atomic mass is 10.0. The number of halogens is 1. The molecular formula is C13H11FN2O4. The second-order valence-corrected chi connectivity index (χ2v) is 4.05. The first-order valence-corrected chi connectivity index (χ1v) is 5.62. The Bertz CT molecular complexity index is 740. The molecule has 0 aliphatic heterocycles. The monoisotopic (exact) mass is 278 g/mol. The highest BCUT2D eigenvalue weighted by Crippen LogP contribution is 2.26. The Labute approximate surface area is 112 Å². The van der Waals surface area contributed by atoms with Crippen molar-refractivity contribution in [3.8, 4) is 17.0 Å². The summed E-state index contributed by atoms with van der Waals surface area (Å²) in [7, 11) is 1.32. The van der Waals surface area contributed by atoms with Gasteiger partial charge in [0.25, 0.3) is 0 Å². The smallest absolute Gasteiger partial charge is 0.345 e. The zero-order chi connectivity index (χ0) is 14.9. The Kier molecular flexibility index (Phi) is 3.51. The van der Waals surface area contributed by atoms with Crippen molar-refractivity contribution in [2.24, 2.45) is 0 Å². The summed E-state index contributed by atoms with van der Waals surface area (Å²) in [5, 5.41) is 9.19. The summed E-state index contributed by atoms with van der Waals surface area (Å²) in [5.74, 6) is -1.90. The van der Waals surface area contributed by atoms with Crippen molar-refractivity contribution in [3.63, 3.8) is 0 Å². The average Bonchev–Trinajstić information content (AvgIpc) is 2.37. The van der Waals surface area contributed by atoms with Crippen LogP contribution in [0, 0.1) is 12.7 Å². The fourth-order valence-electron chi connectivity index (χ4n) is 1.87. The number of H-pyrrole nitrogens is 1. The van der Waals surface area contributed by atoms with Crippen molar-refractivity contribution in [1.82, 2.24) is 9.97 Å².